The predicted octanol–water partition coefficient (Wildman–Crippen LogP) is 2.50. The maximum atomic E-state index is 12.5. The molecule has 0 spiro atoms. The van der Waals surface area contributed by atoms with Crippen molar-refractivity contribution in [2.24, 2.45) is 0 Å². The van der Waals surface area contributed by atoms with E-state index < -0.39 is 29.3 Å². The van der Waals surface area contributed by atoms with Crippen molar-refractivity contribution < 1.29 is 23.9 Å². The molecule has 1 atom stereocenters. The quantitative estimate of drug-likeness (QED) is 0.469. The normalized spacial score (nSPS) is 23.6. The molecule has 0 aliphatic carbocycles. The number of anilines is 1. The van der Waals surface area contributed by atoms with Crippen molar-refractivity contribution in [1.29, 1.82) is 0 Å². The number of ether oxygens (including phenoxy) is 2. The van der Waals surface area contributed by atoms with Gasteiger partial charge in [-0.15, -0.1) is 0 Å². The molecule has 0 bridgehead atoms. The minimum atomic E-state index is -0.578. The molecule has 1 saturated heterocycles. The van der Waals surface area contributed by atoms with E-state index in [4.69, 9.17) is 9.47 Å². The zero-order chi connectivity index (χ0) is 17.9. The molecule has 3 heterocycles. The first kappa shape index (κ1) is 16.0. The van der Waals surface area contributed by atoms with Crippen LogP contribution in [0, 0.1) is 0 Å². The topological polar surface area (TPSA) is 72.9 Å². The number of carbonyl (C=O) groups is 3. The summed E-state index contributed by atoms with van der Waals surface area (Å²) in [4.78, 5) is 38.6. The lowest BCUT2D eigenvalue weighted by Crippen LogP contribution is -2.47. The summed E-state index contributed by atoms with van der Waals surface area (Å²) in [6.45, 7) is 6.26. The summed E-state index contributed by atoms with van der Waals surface area (Å²) in [6.07, 6.45) is 2.85. The number of Topliss-reactive ketones (excluding diaryl/α,β-unsaturated/α-hetero) is 1. The summed E-state index contributed by atoms with van der Waals surface area (Å²) >= 11 is 0. The van der Waals surface area contributed by atoms with Crippen molar-refractivity contribution in [2.75, 3.05) is 11.5 Å². The number of amides is 1. The van der Waals surface area contributed by atoms with Crippen LogP contribution < -0.4 is 9.64 Å². The smallest absolute Gasteiger partial charge is 0.340 e. The van der Waals surface area contributed by atoms with Gasteiger partial charge in [-0.2, -0.15) is 0 Å². The van der Waals surface area contributed by atoms with E-state index >= 15 is 0 Å². The van der Waals surface area contributed by atoms with Crippen molar-refractivity contribution in [3.63, 3.8) is 0 Å². The van der Waals surface area contributed by atoms with Crippen LogP contribution in [0.3, 0.4) is 0 Å². The van der Waals surface area contributed by atoms with Gasteiger partial charge < -0.3 is 9.47 Å². The van der Waals surface area contributed by atoms with Crippen molar-refractivity contribution in [1.82, 2.24) is 0 Å². The monoisotopic (exact) mass is 341 g/mol. The molecule has 0 N–H and O–H groups in total. The first-order chi connectivity index (χ1) is 11.8. The van der Waals surface area contributed by atoms with Crippen LogP contribution in [0.5, 0.6) is 5.75 Å². The highest BCUT2D eigenvalue weighted by molar-refractivity contribution is 6.53. The Hall–Kier alpha value is -2.47. The molecular weight excluding hydrogens is 322 g/mol. The number of esters is 1. The number of rotatable bonds is 2. The van der Waals surface area contributed by atoms with Crippen LogP contribution in [-0.4, -0.2) is 35.9 Å². The van der Waals surface area contributed by atoms with Gasteiger partial charge >= 0.3 is 5.97 Å². The fourth-order valence-corrected chi connectivity index (χ4v) is 3.87. The van der Waals surface area contributed by atoms with E-state index in [0.29, 0.717) is 18.7 Å². The van der Waals surface area contributed by atoms with Gasteiger partial charge in [0.15, 0.2) is 6.10 Å². The van der Waals surface area contributed by atoms with E-state index in [0.717, 1.165) is 17.6 Å². The molecule has 6 nitrogen and oxygen atoms in total. The fraction of sp³-hybridized carbons (Fsp3) is 0.421. The third kappa shape index (κ3) is 2.32. The average Bonchev–Trinajstić information content (AvgIpc) is 3.15. The van der Waals surface area contributed by atoms with Gasteiger partial charge in [0, 0.05) is 12.2 Å². The third-order valence-electron chi connectivity index (χ3n) is 4.93. The highest BCUT2D eigenvalue weighted by Gasteiger charge is 2.47. The van der Waals surface area contributed by atoms with Crippen LogP contribution in [0.25, 0.3) is 5.57 Å². The van der Waals surface area contributed by atoms with Gasteiger partial charge in [-0.1, -0.05) is 6.08 Å². The van der Waals surface area contributed by atoms with Crippen molar-refractivity contribution in [2.45, 2.75) is 45.3 Å². The standard InChI is InChI=1S/C19H19NO5/c1-10-9-19(2,3)20-15-12(10)7-11(8-13(15)16(21)17(20)22)25-18(23)14-5-4-6-24-14/h7-9,14H,4-6H2,1-3H3/t14-/m0/s1. The third-order valence-corrected chi connectivity index (χ3v) is 4.93. The van der Waals surface area contributed by atoms with E-state index in [1.165, 1.54) is 11.0 Å². The molecule has 0 radical (unpaired) electrons. The number of carbonyl (C=O) groups excluding carboxylic acids is 3. The molecule has 0 unspecified atom stereocenters. The number of benzene rings is 1. The lowest BCUT2D eigenvalue weighted by Gasteiger charge is -2.38. The highest BCUT2D eigenvalue weighted by Crippen LogP contribution is 2.46. The van der Waals surface area contributed by atoms with Crippen molar-refractivity contribution >= 4 is 28.9 Å². The van der Waals surface area contributed by atoms with E-state index in [1.54, 1.807) is 6.07 Å². The SMILES string of the molecule is CC1=CC(C)(C)N2C(=O)C(=O)c3cc(OC(=O)[C@@H]4CCCO4)cc1c32. The van der Waals surface area contributed by atoms with Crippen molar-refractivity contribution in [3.05, 3.63) is 29.3 Å². The van der Waals surface area contributed by atoms with Gasteiger partial charge in [0.05, 0.1) is 16.8 Å². The van der Waals surface area contributed by atoms with E-state index in [1.807, 2.05) is 26.8 Å². The molecule has 1 aromatic carbocycles. The lowest BCUT2D eigenvalue weighted by atomic mass is 9.89. The Balaban J connectivity index is 1.78. The molecule has 4 rings (SSSR count). The van der Waals surface area contributed by atoms with Gasteiger partial charge in [0.25, 0.3) is 11.7 Å². The number of ketones is 1. The Morgan fingerprint density at radius 3 is 2.68 bits per heavy atom. The largest absolute Gasteiger partial charge is 0.425 e. The first-order valence-electron chi connectivity index (χ1n) is 8.39. The zero-order valence-electron chi connectivity index (χ0n) is 14.4. The van der Waals surface area contributed by atoms with Gasteiger partial charge in [-0.05, 0) is 51.3 Å². The Labute approximate surface area is 145 Å². The summed E-state index contributed by atoms with van der Waals surface area (Å²) in [6, 6.07) is 3.20. The molecule has 25 heavy (non-hydrogen) atoms. The van der Waals surface area contributed by atoms with E-state index in [-0.39, 0.29) is 11.3 Å². The van der Waals surface area contributed by atoms with Gasteiger partial charge in [-0.25, -0.2) is 4.79 Å². The number of hydrogen-bond donors (Lipinski definition) is 0. The molecule has 3 aliphatic heterocycles. The Bertz CT molecular complexity index is 846. The summed E-state index contributed by atoms with van der Waals surface area (Å²) in [7, 11) is 0. The average molecular weight is 341 g/mol. The molecule has 1 amide bonds. The Kier molecular flexibility index (Phi) is 3.37. The maximum Gasteiger partial charge on any atom is 0.340 e. The number of allylic oxidation sites excluding steroid dienone is 1. The molecular formula is C19H19NO5. The van der Waals surface area contributed by atoms with Crippen LogP contribution >= 0.6 is 0 Å². The Morgan fingerprint density at radius 2 is 2.00 bits per heavy atom. The molecule has 0 aromatic heterocycles. The van der Waals surface area contributed by atoms with Crippen LogP contribution in [0.2, 0.25) is 0 Å². The maximum absolute atomic E-state index is 12.5. The van der Waals surface area contributed by atoms with E-state index in [9.17, 15) is 14.4 Å². The number of nitrogens with zero attached hydrogens (tertiary/aromatic N) is 1. The van der Waals surface area contributed by atoms with Crippen molar-refractivity contribution in [3.8, 4) is 5.75 Å². The number of hydrogen-bond acceptors (Lipinski definition) is 5. The lowest BCUT2D eigenvalue weighted by molar-refractivity contribution is -0.144. The van der Waals surface area contributed by atoms with Gasteiger partial charge in [-0.3, -0.25) is 14.5 Å². The zero-order valence-corrected chi connectivity index (χ0v) is 14.4. The molecule has 130 valence electrons. The summed E-state index contributed by atoms with van der Waals surface area (Å²) in [5, 5.41) is 0. The van der Waals surface area contributed by atoms with Gasteiger partial charge in [0.2, 0.25) is 0 Å². The first-order valence-corrected chi connectivity index (χ1v) is 8.39. The van der Waals surface area contributed by atoms with Crippen LogP contribution in [0.1, 0.15) is 49.5 Å². The van der Waals surface area contributed by atoms with Crippen LogP contribution in [-0.2, 0) is 14.3 Å². The fourth-order valence-electron chi connectivity index (χ4n) is 3.87. The molecule has 3 aliphatic rings. The summed E-state index contributed by atoms with van der Waals surface area (Å²) in [5.74, 6) is -1.31. The minimum Gasteiger partial charge on any atom is -0.425 e. The summed E-state index contributed by atoms with van der Waals surface area (Å²) < 4.78 is 10.8. The molecule has 1 aromatic rings. The molecule has 1 fully saturated rings. The van der Waals surface area contributed by atoms with Crippen LogP contribution in [0.4, 0.5) is 5.69 Å². The highest BCUT2D eigenvalue weighted by atomic mass is 16.6. The predicted molar refractivity (Wildman–Crippen MR) is 90.6 cm³/mol. The van der Waals surface area contributed by atoms with E-state index in [2.05, 4.69) is 0 Å². The second kappa shape index (κ2) is 5.26. The second-order valence-electron chi connectivity index (χ2n) is 7.24. The van der Waals surface area contributed by atoms with Crippen LogP contribution in [0.15, 0.2) is 18.2 Å². The minimum absolute atomic E-state index is 0.268. The summed E-state index contributed by atoms with van der Waals surface area (Å²) in [5.41, 5.74) is 2.00. The van der Waals surface area contributed by atoms with Gasteiger partial charge in [0.1, 0.15) is 5.75 Å². The Morgan fingerprint density at radius 1 is 1.28 bits per heavy atom. The molecule has 6 heteroatoms. The molecule has 0 saturated carbocycles. The second-order valence-corrected chi connectivity index (χ2v) is 7.24.